The van der Waals surface area contributed by atoms with Gasteiger partial charge >= 0.3 is 15.3 Å². The van der Waals surface area contributed by atoms with E-state index in [1.54, 1.807) is 0 Å². The zero-order valence-corrected chi connectivity index (χ0v) is 26.6. The first-order chi connectivity index (χ1) is 20.2. The summed E-state index contributed by atoms with van der Waals surface area (Å²) in [5, 5.41) is 23.9. The molecule has 43 heavy (non-hydrogen) atoms. The van der Waals surface area contributed by atoms with Crippen LogP contribution >= 0.6 is 15.3 Å². The van der Waals surface area contributed by atoms with E-state index in [1.165, 1.54) is 18.7 Å². The lowest BCUT2D eigenvalue weighted by atomic mass is 10.4. The van der Waals surface area contributed by atoms with E-state index in [9.17, 15) is 9.13 Å². The lowest BCUT2D eigenvalue weighted by Gasteiger charge is -2.25. The van der Waals surface area contributed by atoms with Gasteiger partial charge in [0.1, 0.15) is 0 Å². The Morgan fingerprint density at radius 3 is 0.907 bits per heavy atom. The molecule has 2 aliphatic heterocycles. The number of nitrogens with one attached hydrogen (secondary N) is 2. The van der Waals surface area contributed by atoms with Gasteiger partial charge in [-0.1, -0.05) is 0 Å². The molecule has 4 aromatic heterocycles. The monoisotopic (exact) mass is 624 g/mol. The fourth-order valence-corrected chi connectivity index (χ4v) is 8.07. The van der Waals surface area contributed by atoms with Gasteiger partial charge in [0.05, 0.1) is 22.8 Å². The molecule has 0 radical (unpaired) electrons. The summed E-state index contributed by atoms with van der Waals surface area (Å²) >= 11 is 0. The first kappa shape index (κ1) is 28.6. The van der Waals surface area contributed by atoms with E-state index in [4.69, 9.17) is 4.31 Å². The van der Waals surface area contributed by atoms with E-state index in [0.29, 0.717) is 45.6 Å². The molecule has 0 unspecified atom stereocenters. The molecular formula is C24H30N14O3P2. The summed E-state index contributed by atoms with van der Waals surface area (Å²) < 4.78 is 57.7. The Balaban J connectivity index is 1.51. The second-order valence-electron chi connectivity index (χ2n) is 10.4. The first-order valence-corrected chi connectivity index (χ1v) is 16.3. The minimum atomic E-state index is -4.53. The topological polar surface area (TPSA) is 188 Å². The maximum absolute atomic E-state index is 14.4. The van der Waals surface area contributed by atoms with Gasteiger partial charge in [0.15, 0.2) is 0 Å². The predicted molar refractivity (Wildman–Crippen MR) is 161 cm³/mol. The molecule has 2 aliphatic rings. The van der Waals surface area contributed by atoms with Gasteiger partial charge in [-0.15, -0.1) is 19.1 Å². The highest BCUT2D eigenvalue weighted by Gasteiger charge is 2.43. The summed E-state index contributed by atoms with van der Waals surface area (Å²) in [6.45, 7) is 14.5. The van der Waals surface area contributed by atoms with Gasteiger partial charge in [0, 0.05) is 22.8 Å². The van der Waals surface area contributed by atoms with Crippen molar-refractivity contribution in [3.05, 3.63) is 69.8 Å². The van der Waals surface area contributed by atoms with Crippen LogP contribution in [-0.2, 0) is 13.4 Å². The fraction of sp³-hybridized carbons (Fsp3) is 0.333. The number of nitrogens with zero attached hydrogens (tertiary/aromatic N) is 12. The maximum atomic E-state index is 14.4. The molecule has 19 heteroatoms. The van der Waals surface area contributed by atoms with Crippen LogP contribution in [-0.4, -0.2) is 63.0 Å². The van der Waals surface area contributed by atoms with E-state index in [0.717, 1.165) is 0 Å². The quantitative estimate of drug-likeness (QED) is 0.315. The summed E-state index contributed by atoms with van der Waals surface area (Å²) in [5.74, 6) is 0.162. The Morgan fingerprint density at radius 2 is 0.721 bits per heavy atom. The second-order valence-corrected chi connectivity index (χ2v) is 13.8. The standard InChI is InChI=1S/C24H30N14O3P2/c1-13-9-17(5)35(27-13)21-25-22(36-18(6)10-14(2)28-36)32-42(39,31-21)41-43(40)33-23(37-19(7)11-15(3)29-37)26-24(34-43)38-20(8)12-16(4)30-38/h9-12H,1-8H3,(H,25,31,32,39)(H,26,33,34,40). The zero-order chi connectivity index (χ0) is 30.8. The molecule has 0 aliphatic carbocycles. The highest BCUT2D eigenvalue weighted by atomic mass is 31.3. The van der Waals surface area contributed by atoms with Crippen molar-refractivity contribution >= 4 is 39.2 Å². The van der Waals surface area contributed by atoms with Gasteiger partial charge in [-0.25, -0.2) is 32.2 Å². The van der Waals surface area contributed by atoms with Crippen molar-refractivity contribution in [2.45, 2.75) is 55.4 Å². The third kappa shape index (κ3) is 5.42. The largest absolute Gasteiger partial charge is 0.448 e. The minimum absolute atomic E-state index is 0.0405. The van der Waals surface area contributed by atoms with E-state index >= 15 is 0 Å². The summed E-state index contributed by atoms with van der Waals surface area (Å²) in [6, 6.07) is 7.32. The Kier molecular flexibility index (Phi) is 6.71. The number of aryl methyl sites for hydroxylation is 8. The van der Waals surface area contributed by atoms with Crippen molar-refractivity contribution in [3.63, 3.8) is 0 Å². The number of aromatic nitrogens is 8. The SMILES string of the molecule is Cc1cc(C)n(C2=NP(=O)(OP3(=O)N=C(n4nc(C)cc4C)NC(n4nc(C)cc4C)=N3)N=C(n3nc(C)cc3C)N2)n1. The van der Waals surface area contributed by atoms with E-state index in [2.05, 4.69) is 50.1 Å². The van der Waals surface area contributed by atoms with Crippen LogP contribution in [0.1, 0.15) is 45.6 Å². The Labute approximate surface area is 246 Å². The third-order valence-corrected chi connectivity index (χ3v) is 9.86. The average molecular weight is 625 g/mol. The number of hydrogen-bond donors (Lipinski definition) is 2. The summed E-state index contributed by atoms with van der Waals surface area (Å²) in [6.07, 6.45) is 0. The predicted octanol–water partition coefficient (Wildman–Crippen LogP) is 3.30. The molecule has 0 atom stereocenters. The molecule has 0 bridgehead atoms. The van der Waals surface area contributed by atoms with Gasteiger partial charge in [0.25, 0.3) is 0 Å². The smallest absolute Gasteiger partial charge is 0.292 e. The highest BCUT2D eigenvalue weighted by molar-refractivity contribution is 7.70. The molecule has 4 aromatic rings. The number of rotatable bonds is 2. The fourth-order valence-electron chi connectivity index (χ4n) is 4.79. The molecule has 0 fully saturated rings. The molecule has 0 saturated heterocycles. The van der Waals surface area contributed by atoms with Crippen molar-refractivity contribution in [2.75, 3.05) is 0 Å². The molecule has 6 heterocycles. The molecule has 0 amide bonds. The Morgan fingerprint density at radius 1 is 0.488 bits per heavy atom. The molecule has 2 N–H and O–H groups in total. The van der Waals surface area contributed by atoms with Crippen LogP contribution in [0.2, 0.25) is 0 Å². The van der Waals surface area contributed by atoms with Crippen molar-refractivity contribution in [3.8, 4) is 0 Å². The minimum Gasteiger partial charge on any atom is -0.292 e. The van der Waals surface area contributed by atoms with Crippen molar-refractivity contribution < 1.29 is 13.4 Å². The third-order valence-electron chi connectivity index (χ3n) is 6.39. The van der Waals surface area contributed by atoms with Gasteiger partial charge in [-0.2, -0.15) is 20.4 Å². The number of hydrogen-bond acceptors (Lipinski definition) is 9. The lowest BCUT2D eigenvalue weighted by Crippen LogP contribution is -2.43. The lowest BCUT2D eigenvalue weighted by molar-refractivity contribution is 0.458. The van der Waals surface area contributed by atoms with E-state index in [-0.39, 0.29) is 23.8 Å². The van der Waals surface area contributed by atoms with Crippen molar-refractivity contribution in [1.29, 1.82) is 0 Å². The normalized spacial score (nSPS) is 17.5. The van der Waals surface area contributed by atoms with Crippen LogP contribution in [0, 0.1) is 55.4 Å². The highest BCUT2D eigenvalue weighted by Crippen LogP contribution is 2.68. The Bertz CT molecular complexity index is 1750. The first-order valence-electron chi connectivity index (χ1n) is 13.2. The van der Waals surface area contributed by atoms with Gasteiger partial charge < -0.3 is 0 Å². The van der Waals surface area contributed by atoms with E-state index in [1.807, 2.05) is 79.7 Å². The molecule has 0 spiro atoms. The molecule has 224 valence electrons. The summed E-state index contributed by atoms with van der Waals surface area (Å²) in [5.41, 5.74) is 5.63. The summed E-state index contributed by atoms with van der Waals surface area (Å²) in [4.78, 5) is 0. The Hall–Kier alpha value is -4.46. The molecule has 0 aromatic carbocycles. The van der Waals surface area contributed by atoms with Crippen LogP contribution in [0.5, 0.6) is 0 Å². The molecule has 6 rings (SSSR count). The molecule has 0 saturated carbocycles. The van der Waals surface area contributed by atoms with Crippen molar-refractivity contribution in [1.82, 2.24) is 49.8 Å². The van der Waals surface area contributed by atoms with E-state index < -0.39 is 15.3 Å². The van der Waals surface area contributed by atoms with Crippen LogP contribution in [0.15, 0.2) is 43.3 Å². The van der Waals surface area contributed by atoms with Crippen LogP contribution in [0.25, 0.3) is 0 Å². The van der Waals surface area contributed by atoms with Crippen LogP contribution in [0.3, 0.4) is 0 Å². The molecule has 17 nitrogen and oxygen atoms in total. The van der Waals surface area contributed by atoms with Gasteiger partial charge in [0.2, 0.25) is 23.8 Å². The van der Waals surface area contributed by atoms with Gasteiger partial charge in [-0.05, 0) is 79.7 Å². The second kappa shape index (κ2) is 10.1. The van der Waals surface area contributed by atoms with Gasteiger partial charge in [-0.3, -0.25) is 10.6 Å². The average Bonchev–Trinajstić information content (AvgIpc) is 3.62. The van der Waals surface area contributed by atoms with Crippen molar-refractivity contribution in [2.24, 2.45) is 19.1 Å². The molecular weight excluding hydrogens is 594 g/mol. The van der Waals surface area contributed by atoms with Crippen LogP contribution in [0.4, 0.5) is 0 Å². The van der Waals surface area contributed by atoms with Crippen LogP contribution < -0.4 is 10.6 Å². The maximum Gasteiger partial charge on any atom is 0.448 e. The summed E-state index contributed by atoms with van der Waals surface area (Å²) in [7, 11) is -9.07. The zero-order valence-electron chi connectivity index (χ0n) is 24.8.